The Balaban J connectivity index is 1.49. The average molecular weight is 417 g/mol. The van der Waals surface area contributed by atoms with Crippen molar-refractivity contribution in [2.75, 3.05) is 6.54 Å². The van der Waals surface area contributed by atoms with Gasteiger partial charge in [-0.25, -0.2) is 9.37 Å². The molecule has 1 aliphatic heterocycles. The number of piperidine rings is 1. The molecule has 0 spiro atoms. The maximum absolute atomic E-state index is 13.6. The predicted octanol–water partition coefficient (Wildman–Crippen LogP) is 3.82. The van der Waals surface area contributed by atoms with Crippen LogP contribution in [0.3, 0.4) is 0 Å². The number of likely N-dealkylation sites (tertiary alicyclic amines) is 1. The van der Waals surface area contributed by atoms with E-state index in [2.05, 4.69) is 20.2 Å². The predicted molar refractivity (Wildman–Crippen MR) is 114 cm³/mol. The highest BCUT2D eigenvalue weighted by Gasteiger charge is 2.33. The molecule has 2 aromatic carbocycles. The largest absolute Gasteiger partial charge is 0.340 e. The molecule has 1 fully saturated rings. The zero-order valence-electron chi connectivity index (χ0n) is 16.6. The molecule has 2 aromatic heterocycles. The lowest BCUT2D eigenvalue weighted by Crippen LogP contribution is -2.41. The molecule has 4 aromatic rings. The number of hydrogen-bond donors (Lipinski definition) is 2. The second-order valence-electron chi connectivity index (χ2n) is 7.65. The van der Waals surface area contributed by atoms with Crippen LogP contribution in [-0.4, -0.2) is 37.5 Å². The third-order valence-electron chi connectivity index (χ3n) is 5.69. The normalized spacial score (nSPS) is 16.5. The molecular formula is C23H20FN5O2. The molecule has 156 valence electrons. The lowest BCUT2D eigenvalue weighted by atomic mass is 10.0. The van der Waals surface area contributed by atoms with Gasteiger partial charge in [0, 0.05) is 17.5 Å². The molecule has 2 N–H and O–H groups in total. The quantitative estimate of drug-likeness (QED) is 0.530. The van der Waals surface area contributed by atoms with Crippen molar-refractivity contribution in [3.8, 4) is 11.3 Å². The van der Waals surface area contributed by atoms with Crippen LogP contribution in [0.25, 0.3) is 22.2 Å². The Labute approximate surface area is 176 Å². The van der Waals surface area contributed by atoms with Crippen molar-refractivity contribution in [3.05, 3.63) is 82.3 Å². The van der Waals surface area contributed by atoms with E-state index in [0.29, 0.717) is 41.0 Å². The van der Waals surface area contributed by atoms with Crippen LogP contribution in [0.4, 0.5) is 4.39 Å². The molecule has 31 heavy (non-hydrogen) atoms. The Morgan fingerprint density at radius 3 is 2.87 bits per heavy atom. The van der Waals surface area contributed by atoms with Crippen molar-refractivity contribution in [2.24, 2.45) is 0 Å². The van der Waals surface area contributed by atoms with Gasteiger partial charge in [0.1, 0.15) is 11.6 Å². The summed E-state index contributed by atoms with van der Waals surface area (Å²) in [6.45, 7) is 0.507. The van der Waals surface area contributed by atoms with Crippen LogP contribution in [-0.2, 0) is 0 Å². The summed E-state index contributed by atoms with van der Waals surface area (Å²) in [5, 5.41) is 7.31. The third-order valence-corrected chi connectivity index (χ3v) is 5.69. The second-order valence-corrected chi connectivity index (χ2v) is 7.65. The smallest absolute Gasteiger partial charge is 0.279 e. The third kappa shape index (κ3) is 3.50. The number of nitrogens with zero attached hydrogens (tertiary/aromatic N) is 3. The first-order valence-electron chi connectivity index (χ1n) is 10.2. The fraction of sp³-hybridized carbons (Fsp3) is 0.217. The number of hydrogen-bond acceptors (Lipinski definition) is 4. The topological polar surface area (TPSA) is 94.7 Å². The van der Waals surface area contributed by atoms with Crippen molar-refractivity contribution in [1.82, 2.24) is 25.1 Å². The Kier molecular flexibility index (Phi) is 4.82. The molecule has 3 heterocycles. The van der Waals surface area contributed by atoms with Gasteiger partial charge >= 0.3 is 0 Å². The van der Waals surface area contributed by atoms with E-state index in [4.69, 9.17) is 0 Å². The van der Waals surface area contributed by atoms with Gasteiger partial charge in [-0.05, 0) is 43.5 Å². The van der Waals surface area contributed by atoms with Crippen molar-refractivity contribution in [1.29, 1.82) is 0 Å². The van der Waals surface area contributed by atoms with Gasteiger partial charge in [0.2, 0.25) is 5.43 Å². The molecule has 0 radical (unpaired) electrons. The Hall–Kier alpha value is -3.81. The van der Waals surface area contributed by atoms with Crippen molar-refractivity contribution < 1.29 is 9.18 Å². The number of benzene rings is 2. The number of aromatic nitrogens is 4. The monoisotopic (exact) mass is 417 g/mol. The van der Waals surface area contributed by atoms with Gasteiger partial charge in [-0.2, -0.15) is 5.10 Å². The van der Waals surface area contributed by atoms with Crippen LogP contribution in [0.1, 0.15) is 41.6 Å². The van der Waals surface area contributed by atoms with Crippen molar-refractivity contribution in [2.45, 2.75) is 25.3 Å². The Morgan fingerprint density at radius 1 is 1.13 bits per heavy atom. The van der Waals surface area contributed by atoms with Gasteiger partial charge in [-0.15, -0.1) is 0 Å². The van der Waals surface area contributed by atoms with Gasteiger partial charge < -0.3 is 9.88 Å². The first-order chi connectivity index (χ1) is 15.1. The molecule has 7 nitrogen and oxygen atoms in total. The van der Waals surface area contributed by atoms with Crippen molar-refractivity contribution >= 4 is 16.8 Å². The molecule has 1 saturated heterocycles. The van der Waals surface area contributed by atoms with E-state index in [-0.39, 0.29) is 23.0 Å². The SMILES string of the molecule is O=C(c1n[nH]c2ccccc2c1=O)N1CCCCC1c1ncc(-c2cccc(F)c2)[nH]1. The van der Waals surface area contributed by atoms with Gasteiger partial charge in [0.15, 0.2) is 5.69 Å². The number of carbonyl (C=O) groups is 1. The van der Waals surface area contributed by atoms with Crippen molar-refractivity contribution in [3.63, 3.8) is 0 Å². The number of H-pyrrole nitrogens is 2. The Morgan fingerprint density at radius 2 is 2.00 bits per heavy atom. The van der Waals surface area contributed by atoms with E-state index in [0.717, 1.165) is 12.8 Å². The highest BCUT2D eigenvalue weighted by Crippen LogP contribution is 2.31. The summed E-state index contributed by atoms with van der Waals surface area (Å²) < 4.78 is 13.6. The average Bonchev–Trinajstić information content (AvgIpc) is 3.29. The van der Waals surface area contributed by atoms with E-state index < -0.39 is 5.91 Å². The zero-order valence-corrected chi connectivity index (χ0v) is 16.6. The number of rotatable bonds is 3. The molecule has 0 aliphatic carbocycles. The molecule has 1 aliphatic rings. The van der Waals surface area contributed by atoms with Gasteiger partial charge in [0.05, 0.1) is 23.4 Å². The summed E-state index contributed by atoms with van der Waals surface area (Å²) in [6.07, 6.45) is 4.13. The van der Waals surface area contributed by atoms with Crippen LogP contribution < -0.4 is 5.43 Å². The minimum absolute atomic E-state index is 0.123. The van der Waals surface area contributed by atoms with Crippen LogP contribution in [0.15, 0.2) is 59.5 Å². The zero-order chi connectivity index (χ0) is 21.4. The lowest BCUT2D eigenvalue weighted by molar-refractivity contribution is 0.0592. The minimum Gasteiger partial charge on any atom is -0.340 e. The van der Waals surface area contributed by atoms with E-state index in [1.807, 2.05) is 0 Å². The highest BCUT2D eigenvalue weighted by molar-refractivity contribution is 5.95. The van der Waals surface area contributed by atoms with Gasteiger partial charge in [-0.3, -0.25) is 14.7 Å². The van der Waals surface area contributed by atoms with E-state index >= 15 is 0 Å². The summed E-state index contributed by atoms with van der Waals surface area (Å²) in [6, 6.07) is 12.9. The first-order valence-corrected chi connectivity index (χ1v) is 10.2. The number of carbonyl (C=O) groups excluding carboxylic acids is 1. The summed E-state index contributed by atoms with van der Waals surface area (Å²) in [5.41, 5.74) is 1.44. The second kappa shape index (κ2) is 7.79. The number of amides is 1. The summed E-state index contributed by atoms with van der Waals surface area (Å²) >= 11 is 0. The molecule has 0 bridgehead atoms. The van der Waals surface area contributed by atoms with Crippen LogP contribution in [0.5, 0.6) is 0 Å². The van der Waals surface area contributed by atoms with E-state index in [1.165, 1.54) is 12.1 Å². The fourth-order valence-electron chi connectivity index (χ4n) is 4.12. The molecule has 1 atom stereocenters. The Bertz CT molecular complexity index is 1330. The molecule has 1 unspecified atom stereocenters. The number of imidazole rings is 1. The maximum Gasteiger partial charge on any atom is 0.279 e. The van der Waals surface area contributed by atoms with Gasteiger partial charge in [0.25, 0.3) is 5.91 Å². The number of fused-ring (bicyclic) bond motifs is 1. The van der Waals surface area contributed by atoms with Crippen LogP contribution in [0, 0.1) is 5.82 Å². The molecule has 5 rings (SSSR count). The van der Waals surface area contributed by atoms with Gasteiger partial charge in [-0.1, -0.05) is 24.3 Å². The number of aromatic amines is 2. The lowest BCUT2D eigenvalue weighted by Gasteiger charge is -2.34. The summed E-state index contributed by atoms with van der Waals surface area (Å²) in [7, 11) is 0. The number of para-hydroxylation sites is 1. The number of halogens is 1. The van der Waals surface area contributed by atoms with Crippen LogP contribution >= 0.6 is 0 Å². The molecule has 1 amide bonds. The maximum atomic E-state index is 13.6. The molecule has 8 heteroatoms. The summed E-state index contributed by atoms with van der Waals surface area (Å²) in [4.78, 5) is 35.6. The molecule has 0 saturated carbocycles. The van der Waals surface area contributed by atoms with E-state index in [9.17, 15) is 14.0 Å². The highest BCUT2D eigenvalue weighted by atomic mass is 19.1. The van der Waals surface area contributed by atoms with Crippen LogP contribution in [0.2, 0.25) is 0 Å². The van der Waals surface area contributed by atoms with E-state index in [1.54, 1.807) is 47.5 Å². The number of nitrogens with one attached hydrogen (secondary N) is 2. The summed E-state index contributed by atoms with van der Waals surface area (Å²) in [5.74, 6) is -0.130. The minimum atomic E-state index is -0.416. The standard InChI is InChI=1S/C23H20FN5O2/c24-15-7-5-6-14(12-15)18-13-25-22(26-18)19-10-3-4-11-29(19)23(31)20-21(30)16-8-1-2-9-17(16)27-28-20/h1-2,5-9,12-13,19H,3-4,10-11H2,(H,25,26)(H,27,30). The first kappa shape index (κ1) is 19.2. The molecular weight excluding hydrogens is 397 g/mol. The fourth-order valence-corrected chi connectivity index (χ4v) is 4.12.